The number of carbonyl (C=O) groups is 1. The van der Waals surface area contributed by atoms with Crippen LogP contribution in [0.25, 0.3) is 0 Å². The van der Waals surface area contributed by atoms with Gasteiger partial charge in [0, 0.05) is 19.6 Å². The Kier molecular flexibility index (Phi) is 2.26. The van der Waals surface area contributed by atoms with Crippen LogP contribution in [0.1, 0.15) is 12.8 Å². The highest BCUT2D eigenvalue weighted by Crippen LogP contribution is 2.31. The van der Waals surface area contributed by atoms with Gasteiger partial charge in [-0.2, -0.15) is 0 Å². The van der Waals surface area contributed by atoms with Gasteiger partial charge in [0.25, 0.3) is 0 Å². The Morgan fingerprint density at radius 2 is 2.31 bits per heavy atom. The zero-order chi connectivity index (χ0) is 9.31. The molecule has 0 aromatic carbocycles. The molecule has 0 bridgehead atoms. The predicted molar refractivity (Wildman–Crippen MR) is 48.2 cm³/mol. The largest absolute Gasteiger partial charge is 0.353 e. The smallest absolute Gasteiger partial charge is 0.211 e. The van der Waals surface area contributed by atoms with E-state index >= 15 is 0 Å². The molecule has 0 radical (unpaired) electrons. The summed E-state index contributed by atoms with van der Waals surface area (Å²) in [6.07, 6.45) is 2.97. The third kappa shape index (κ3) is 1.44. The van der Waals surface area contributed by atoms with Crippen LogP contribution in [0, 0.1) is 0 Å². The van der Waals surface area contributed by atoms with Gasteiger partial charge in [-0.15, -0.1) is 0 Å². The number of likely N-dealkylation sites (N-methyl/N-ethyl adjacent to an activating group) is 1. The lowest BCUT2D eigenvalue weighted by Gasteiger charge is -2.42. The Labute approximate surface area is 78.4 Å². The fourth-order valence-corrected chi connectivity index (χ4v) is 2.28. The molecule has 74 valence electrons. The van der Waals surface area contributed by atoms with E-state index in [0.29, 0.717) is 0 Å². The zero-order valence-electron chi connectivity index (χ0n) is 8.03. The van der Waals surface area contributed by atoms with Gasteiger partial charge in [0.05, 0.1) is 6.61 Å². The normalized spacial score (nSPS) is 35.6. The SMILES string of the molecule is CN1CCOC2(CCCN2C=O)C1. The Balaban J connectivity index is 2.12. The van der Waals surface area contributed by atoms with E-state index in [9.17, 15) is 4.79 Å². The van der Waals surface area contributed by atoms with Gasteiger partial charge >= 0.3 is 0 Å². The third-order valence-corrected chi connectivity index (χ3v) is 2.98. The summed E-state index contributed by atoms with van der Waals surface area (Å²) in [7, 11) is 2.07. The lowest BCUT2D eigenvalue weighted by Crippen LogP contribution is -2.57. The van der Waals surface area contributed by atoms with E-state index in [0.717, 1.165) is 45.5 Å². The van der Waals surface area contributed by atoms with Crippen molar-refractivity contribution in [2.24, 2.45) is 0 Å². The molecule has 1 amide bonds. The first-order valence-electron chi connectivity index (χ1n) is 4.81. The van der Waals surface area contributed by atoms with Gasteiger partial charge in [0.2, 0.25) is 6.41 Å². The lowest BCUT2D eigenvalue weighted by atomic mass is 10.1. The van der Waals surface area contributed by atoms with E-state index in [-0.39, 0.29) is 5.72 Å². The number of likely N-dealkylation sites (tertiary alicyclic amines) is 1. The highest BCUT2D eigenvalue weighted by Gasteiger charge is 2.44. The summed E-state index contributed by atoms with van der Waals surface area (Å²) in [5.74, 6) is 0. The Morgan fingerprint density at radius 1 is 1.46 bits per heavy atom. The molecule has 1 unspecified atom stereocenters. The molecule has 2 heterocycles. The van der Waals surface area contributed by atoms with Crippen molar-refractivity contribution in [2.75, 3.05) is 33.3 Å². The first-order valence-corrected chi connectivity index (χ1v) is 4.81. The maximum absolute atomic E-state index is 10.8. The molecule has 2 rings (SSSR count). The number of ether oxygens (including phenoxy) is 1. The zero-order valence-corrected chi connectivity index (χ0v) is 8.03. The summed E-state index contributed by atoms with van der Waals surface area (Å²) in [5.41, 5.74) is -0.297. The maximum Gasteiger partial charge on any atom is 0.211 e. The van der Waals surface area contributed by atoms with Crippen LogP contribution < -0.4 is 0 Å². The minimum atomic E-state index is -0.297. The van der Waals surface area contributed by atoms with Gasteiger partial charge < -0.3 is 9.64 Å². The molecule has 2 saturated heterocycles. The van der Waals surface area contributed by atoms with Gasteiger partial charge in [-0.05, 0) is 19.9 Å². The monoisotopic (exact) mass is 184 g/mol. The summed E-state index contributed by atoms with van der Waals surface area (Å²) < 4.78 is 5.75. The van der Waals surface area contributed by atoms with Crippen LogP contribution in [0.3, 0.4) is 0 Å². The van der Waals surface area contributed by atoms with Gasteiger partial charge in [-0.3, -0.25) is 9.69 Å². The molecule has 1 atom stereocenters. The van der Waals surface area contributed by atoms with Crippen molar-refractivity contribution in [3.05, 3.63) is 0 Å². The lowest BCUT2D eigenvalue weighted by molar-refractivity contribution is -0.178. The molecule has 2 aliphatic rings. The van der Waals surface area contributed by atoms with E-state index < -0.39 is 0 Å². The second-order valence-electron chi connectivity index (χ2n) is 3.93. The number of carbonyl (C=O) groups excluding carboxylic acids is 1. The molecule has 2 fully saturated rings. The van der Waals surface area contributed by atoms with Crippen LogP contribution in [0.15, 0.2) is 0 Å². The molecular weight excluding hydrogens is 168 g/mol. The van der Waals surface area contributed by atoms with Crippen molar-refractivity contribution in [3.63, 3.8) is 0 Å². The van der Waals surface area contributed by atoms with Gasteiger partial charge in [-0.25, -0.2) is 0 Å². The molecule has 13 heavy (non-hydrogen) atoms. The molecule has 0 saturated carbocycles. The van der Waals surface area contributed by atoms with Crippen molar-refractivity contribution in [2.45, 2.75) is 18.6 Å². The van der Waals surface area contributed by atoms with Crippen LogP contribution in [0.5, 0.6) is 0 Å². The van der Waals surface area contributed by atoms with E-state index in [1.807, 2.05) is 4.90 Å². The molecule has 2 aliphatic heterocycles. The summed E-state index contributed by atoms with van der Waals surface area (Å²) in [6, 6.07) is 0. The highest BCUT2D eigenvalue weighted by molar-refractivity contribution is 5.49. The first-order chi connectivity index (χ1) is 6.27. The van der Waals surface area contributed by atoms with E-state index in [4.69, 9.17) is 4.74 Å². The molecule has 4 heteroatoms. The molecule has 0 N–H and O–H groups in total. The Morgan fingerprint density at radius 3 is 3.00 bits per heavy atom. The second-order valence-corrected chi connectivity index (χ2v) is 3.93. The van der Waals surface area contributed by atoms with Crippen LogP contribution in [0.2, 0.25) is 0 Å². The quantitative estimate of drug-likeness (QED) is 0.533. The number of nitrogens with zero attached hydrogens (tertiary/aromatic N) is 2. The minimum Gasteiger partial charge on any atom is -0.353 e. The topological polar surface area (TPSA) is 32.8 Å². The van der Waals surface area contributed by atoms with Crippen LogP contribution in [-0.4, -0.2) is 55.2 Å². The minimum absolute atomic E-state index is 0.297. The third-order valence-electron chi connectivity index (χ3n) is 2.98. The molecule has 0 aliphatic carbocycles. The van der Waals surface area contributed by atoms with E-state index in [2.05, 4.69) is 11.9 Å². The van der Waals surface area contributed by atoms with Gasteiger partial charge in [0.15, 0.2) is 5.72 Å². The van der Waals surface area contributed by atoms with E-state index in [1.165, 1.54) is 0 Å². The summed E-state index contributed by atoms with van der Waals surface area (Å²) in [4.78, 5) is 14.9. The molecular formula is C9H16N2O2. The maximum atomic E-state index is 10.8. The second kappa shape index (κ2) is 3.27. The van der Waals surface area contributed by atoms with Gasteiger partial charge in [0.1, 0.15) is 0 Å². The molecule has 1 spiro atoms. The van der Waals surface area contributed by atoms with Crippen molar-refractivity contribution in [1.82, 2.24) is 9.80 Å². The number of amides is 1. The number of hydrogen-bond acceptors (Lipinski definition) is 3. The molecule has 0 aromatic heterocycles. The Hall–Kier alpha value is -0.610. The molecule has 4 nitrogen and oxygen atoms in total. The fourth-order valence-electron chi connectivity index (χ4n) is 2.28. The average Bonchev–Trinajstić information content (AvgIpc) is 2.47. The number of rotatable bonds is 1. The van der Waals surface area contributed by atoms with Crippen LogP contribution in [0.4, 0.5) is 0 Å². The number of morpholine rings is 1. The fraction of sp³-hybridized carbons (Fsp3) is 0.889. The van der Waals surface area contributed by atoms with Crippen molar-refractivity contribution < 1.29 is 9.53 Å². The van der Waals surface area contributed by atoms with Crippen LogP contribution >= 0.6 is 0 Å². The van der Waals surface area contributed by atoms with E-state index in [1.54, 1.807) is 0 Å². The predicted octanol–water partition coefficient (Wildman–Crippen LogP) is -0.103. The van der Waals surface area contributed by atoms with Crippen molar-refractivity contribution in [1.29, 1.82) is 0 Å². The number of hydrogen-bond donors (Lipinski definition) is 0. The first kappa shape index (κ1) is 8.97. The summed E-state index contributed by atoms with van der Waals surface area (Å²) >= 11 is 0. The van der Waals surface area contributed by atoms with Crippen LogP contribution in [-0.2, 0) is 9.53 Å². The standard InChI is InChI=1S/C9H16N2O2/c1-10-5-6-13-9(7-10)3-2-4-11(9)8-12/h8H,2-7H2,1H3. The Bertz CT molecular complexity index is 210. The molecule has 0 aromatic rings. The van der Waals surface area contributed by atoms with Gasteiger partial charge in [-0.1, -0.05) is 0 Å². The van der Waals surface area contributed by atoms with Crippen molar-refractivity contribution >= 4 is 6.41 Å². The average molecular weight is 184 g/mol. The summed E-state index contributed by atoms with van der Waals surface area (Å²) in [5, 5.41) is 0. The summed E-state index contributed by atoms with van der Waals surface area (Å²) in [6.45, 7) is 3.40. The highest BCUT2D eigenvalue weighted by atomic mass is 16.5. The van der Waals surface area contributed by atoms with Crippen molar-refractivity contribution in [3.8, 4) is 0 Å².